The van der Waals surface area contributed by atoms with Crippen LogP contribution in [0.4, 0.5) is 0 Å². The smallest absolute Gasteiger partial charge is 0.309 e. The molecule has 1 aliphatic rings. The van der Waals surface area contributed by atoms with E-state index >= 15 is 0 Å². The van der Waals surface area contributed by atoms with Crippen molar-refractivity contribution < 1.29 is 14.1 Å². The second-order valence-electron chi connectivity index (χ2n) is 7.57. The van der Waals surface area contributed by atoms with Crippen LogP contribution in [0.5, 0.6) is 0 Å². The molecule has 1 saturated heterocycles. The highest BCUT2D eigenvalue weighted by Gasteiger charge is 2.38. The Kier molecular flexibility index (Phi) is 6.47. The normalized spacial score (nSPS) is 15.6. The van der Waals surface area contributed by atoms with Crippen LogP contribution in [0, 0.1) is 5.92 Å². The highest BCUT2D eigenvalue weighted by molar-refractivity contribution is 7.76. The molecular weight excluding hydrogens is 393 g/mol. The van der Waals surface area contributed by atoms with Crippen molar-refractivity contribution in [1.82, 2.24) is 4.67 Å². The number of rotatable bonds is 6. The van der Waals surface area contributed by atoms with Crippen LogP contribution in [0.1, 0.15) is 18.4 Å². The first kappa shape index (κ1) is 20.6. The third-order valence-electron chi connectivity index (χ3n) is 5.64. The Bertz CT molecular complexity index is 957. The van der Waals surface area contributed by atoms with Gasteiger partial charge < -0.3 is 4.74 Å². The Morgan fingerprint density at radius 1 is 0.800 bits per heavy atom. The molecule has 3 aromatic carbocycles. The minimum absolute atomic E-state index is 0.148. The van der Waals surface area contributed by atoms with Crippen molar-refractivity contribution in [2.24, 2.45) is 5.92 Å². The highest BCUT2D eigenvalue weighted by Crippen LogP contribution is 2.49. The first-order valence-corrected chi connectivity index (χ1v) is 12.0. The summed E-state index contributed by atoms with van der Waals surface area (Å²) in [5.41, 5.74) is 0.987. The summed E-state index contributed by atoms with van der Waals surface area (Å²) in [5.74, 6) is -0.308. The summed E-state index contributed by atoms with van der Waals surface area (Å²) in [6, 6.07) is 29.1. The van der Waals surface area contributed by atoms with Crippen molar-refractivity contribution in [3.8, 4) is 0 Å². The molecule has 154 valence electrons. The van der Waals surface area contributed by atoms with Crippen LogP contribution in [-0.2, 0) is 20.7 Å². The SMILES string of the molecule is O=C(OCc1ccccc1)C1CCN(P(=O)(c2ccccc2)c2ccccc2)CC1. The molecule has 30 heavy (non-hydrogen) atoms. The average molecular weight is 419 g/mol. The number of ether oxygens (including phenoxy) is 1. The molecule has 0 N–H and O–H groups in total. The molecule has 3 aromatic rings. The van der Waals surface area contributed by atoms with Crippen molar-refractivity contribution in [1.29, 1.82) is 0 Å². The van der Waals surface area contributed by atoms with Gasteiger partial charge in [0.25, 0.3) is 0 Å². The molecule has 0 atom stereocenters. The summed E-state index contributed by atoms with van der Waals surface area (Å²) in [6.07, 6.45) is 1.30. The zero-order chi connectivity index (χ0) is 20.8. The van der Waals surface area contributed by atoms with Gasteiger partial charge in [0.05, 0.1) is 5.92 Å². The first-order chi connectivity index (χ1) is 14.7. The third-order valence-corrected chi connectivity index (χ3v) is 8.83. The molecule has 0 saturated carbocycles. The summed E-state index contributed by atoms with van der Waals surface area (Å²) in [6.45, 7) is 1.50. The number of piperidine rings is 1. The van der Waals surface area contributed by atoms with Gasteiger partial charge >= 0.3 is 5.97 Å². The molecule has 4 nitrogen and oxygen atoms in total. The lowest BCUT2D eigenvalue weighted by Gasteiger charge is -2.37. The molecule has 0 unspecified atom stereocenters. The molecule has 4 rings (SSSR count). The largest absolute Gasteiger partial charge is 0.461 e. The summed E-state index contributed by atoms with van der Waals surface area (Å²) in [4.78, 5) is 12.6. The summed E-state index contributed by atoms with van der Waals surface area (Å²) >= 11 is 0. The maximum atomic E-state index is 14.4. The Hall–Kier alpha value is -2.68. The summed E-state index contributed by atoms with van der Waals surface area (Å²) in [7, 11) is -2.94. The Labute approximate surface area is 177 Å². The second-order valence-corrected chi connectivity index (χ2v) is 10.3. The predicted octanol–water partition coefficient (Wildman–Crippen LogP) is 4.37. The van der Waals surface area contributed by atoms with E-state index in [-0.39, 0.29) is 11.9 Å². The lowest BCUT2D eigenvalue weighted by Crippen LogP contribution is -2.40. The molecule has 0 spiro atoms. The molecule has 0 bridgehead atoms. The zero-order valence-corrected chi connectivity index (χ0v) is 17.8. The van der Waals surface area contributed by atoms with Crippen molar-refractivity contribution in [3.63, 3.8) is 0 Å². The fraction of sp³-hybridized carbons (Fsp3) is 0.240. The number of carbonyl (C=O) groups excluding carboxylic acids is 1. The van der Waals surface area contributed by atoms with Crippen molar-refractivity contribution in [3.05, 3.63) is 96.6 Å². The van der Waals surface area contributed by atoms with Crippen LogP contribution >= 0.6 is 7.29 Å². The third kappa shape index (κ3) is 4.40. The summed E-state index contributed by atoms with van der Waals surface area (Å²) in [5, 5.41) is 1.67. The number of hydrogen-bond acceptors (Lipinski definition) is 3. The molecule has 0 radical (unpaired) electrons. The van der Waals surface area contributed by atoms with Crippen LogP contribution in [0.25, 0.3) is 0 Å². The van der Waals surface area contributed by atoms with Gasteiger partial charge in [0.1, 0.15) is 6.61 Å². The number of carbonyl (C=O) groups is 1. The van der Waals surface area contributed by atoms with Crippen molar-refractivity contribution in [2.45, 2.75) is 19.4 Å². The first-order valence-electron chi connectivity index (χ1n) is 10.3. The van der Waals surface area contributed by atoms with Gasteiger partial charge in [-0.2, -0.15) is 0 Å². The second kappa shape index (κ2) is 9.42. The van der Waals surface area contributed by atoms with Crippen LogP contribution in [0.2, 0.25) is 0 Å². The molecule has 1 heterocycles. The number of esters is 1. The molecular formula is C25H26NO3P. The van der Waals surface area contributed by atoms with E-state index in [0.717, 1.165) is 16.2 Å². The Morgan fingerprint density at radius 3 is 1.77 bits per heavy atom. The Balaban J connectivity index is 1.46. The van der Waals surface area contributed by atoms with E-state index < -0.39 is 7.29 Å². The predicted molar refractivity (Wildman–Crippen MR) is 120 cm³/mol. The maximum Gasteiger partial charge on any atom is 0.309 e. The van der Waals surface area contributed by atoms with Gasteiger partial charge in [0.2, 0.25) is 7.29 Å². The van der Waals surface area contributed by atoms with E-state index in [1.807, 2.05) is 91.0 Å². The van der Waals surface area contributed by atoms with Gasteiger partial charge in [0, 0.05) is 23.7 Å². The van der Waals surface area contributed by atoms with E-state index in [0.29, 0.717) is 32.5 Å². The van der Waals surface area contributed by atoms with Gasteiger partial charge in [-0.05, 0) is 42.7 Å². The minimum atomic E-state index is -2.94. The number of benzene rings is 3. The van der Waals surface area contributed by atoms with Crippen molar-refractivity contribution in [2.75, 3.05) is 13.1 Å². The molecule has 1 fully saturated rings. The van der Waals surface area contributed by atoms with Crippen molar-refractivity contribution >= 4 is 23.9 Å². The fourth-order valence-corrected chi connectivity index (χ4v) is 6.86. The van der Waals surface area contributed by atoms with Gasteiger partial charge in [0.15, 0.2) is 0 Å². The minimum Gasteiger partial charge on any atom is -0.461 e. The lowest BCUT2D eigenvalue weighted by molar-refractivity contribution is -0.151. The zero-order valence-electron chi connectivity index (χ0n) is 16.9. The van der Waals surface area contributed by atoms with Gasteiger partial charge in [-0.25, -0.2) is 4.67 Å². The molecule has 0 aromatic heterocycles. The standard InChI is InChI=1S/C25H26NO3P/c27-25(29-20-21-10-4-1-5-11-21)22-16-18-26(19-17-22)30(28,23-12-6-2-7-13-23)24-14-8-3-9-15-24/h1-15,22H,16-20H2. The molecule has 5 heteroatoms. The average Bonchev–Trinajstić information content (AvgIpc) is 2.84. The van der Waals surface area contributed by atoms with Crippen LogP contribution in [0.15, 0.2) is 91.0 Å². The fourth-order valence-electron chi connectivity index (χ4n) is 3.97. The van der Waals surface area contributed by atoms with E-state index in [1.54, 1.807) is 0 Å². The highest BCUT2D eigenvalue weighted by atomic mass is 31.2. The quantitative estimate of drug-likeness (QED) is 0.440. The van der Waals surface area contributed by atoms with Crippen LogP contribution in [-0.4, -0.2) is 23.7 Å². The number of hydrogen-bond donors (Lipinski definition) is 0. The van der Waals surface area contributed by atoms with Crippen LogP contribution < -0.4 is 10.6 Å². The maximum absolute atomic E-state index is 14.4. The van der Waals surface area contributed by atoms with Gasteiger partial charge in [-0.1, -0.05) is 66.7 Å². The van der Waals surface area contributed by atoms with E-state index in [9.17, 15) is 9.36 Å². The topological polar surface area (TPSA) is 46.6 Å². The van der Waals surface area contributed by atoms with E-state index in [1.165, 1.54) is 0 Å². The van der Waals surface area contributed by atoms with Crippen LogP contribution in [0.3, 0.4) is 0 Å². The Morgan fingerprint density at radius 2 is 1.27 bits per heavy atom. The van der Waals surface area contributed by atoms with E-state index in [2.05, 4.69) is 4.67 Å². The van der Waals surface area contributed by atoms with Gasteiger partial charge in [-0.3, -0.25) is 9.36 Å². The molecule has 1 aliphatic heterocycles. The monoisotopic (exact) mass is 419 g/mol. The lowest BCUT2D eigenvalue weighted by atomic mass is 9.98. The number of nitrogens with zero attached hydrogens (tertiary/aromatic N) is 1. The molecule has 0 aliphatic carbocycles. The molecule has 0 amide bonds. The van der Waals surface area contributed by atoms with E-state index in [4.69, 9.17) is 4.74 Å². The van der Waals surface area contributed by atoms with Gasteiger partial charge in [-0.15, -0.1) is 0 Å². The summed E-state index contributed by atoms with van der Waals surface area (Å²) < 4.78 is 22.0.